The number of anilines is 3. The zero-order valence-electron chi connectivity index (χ0n) is 25.3. The minimum absolute atomic E-state index is 0.0992. The van der Waals surface area contributed by atoms with E-state index in [-0.39, 0.29) is 5.41 Å². The van der Waals surface area contributed by atoms with E-state index in [0.29, 0.717) is 0 Å². The SMILES string of the molecule is CC1(C)c2ccccc2-c2ccc(N(c3ccc(-c4ccccc4)cc3)c3cccc4oc5c6ccccc6ccc5c34)cc21. The lowest BCUT2D eigenvalue weighted by atomic mass is 9.82. The monoisotopic (exact) mass is 577 g/mol. The molecule has 0 amide bonds. The Morgan fingerprint density at radius 1 is 0.511 bits per heavy atom. The molecule has 0 fully saturated rings. The van der Waals surface area contributed by atoms with Gasteiger partial charge in [0.1, 0.15) is 11.2 Å². The van der Waals surface area contributed by atoms with Crippen LogP contribution in [0.2, 0.25) is 0 Å². The predicted molar refractivity (Wildman–Crippen MR) is 189 cm³/mol. The van der Waals surface area contributed by atoms with E-state index in [1.54, 1.807) is 0 Å². The van der Waals surface area contributed by atoms with E-state index >= 15 is 0 Å². The first kappa shape index (κ1) is 25.9. The maximum atomic E-state index is 6.63. The average molecular weight is 578 g/mol. The second-order valence-electron chi connectivity index (χ2n) is 12.6. The maximum absolute atomic E-state index is 6.63. The molecular weight excluding hydrogens is 546 g/mol. The fraction of sp³-hybridized carbons (Fsp3) is 0.0698. The molecular formula is C43H31NO. The topological polar surface area (TPSA) is 16.4 Å². The summed E-state index contributed by atoms with van der Waals surface area (Å²) in [4.78, 5) is 2.40. The Hall–Kier alpha value is -5.60. The van der Waals surface area contributed by atoms with E-state index in [1.165, 1.54) is 38.8 Å². The second-order valence-corrected chi connectivity index (χ2v) is 12.6. The Kier molecular flexibility index (Phi) is 5.58. The molecule has 1 aliphatic rings. The number of hydrogen-bond acceptors (Lipinski definition) is 2. The molecule has 0 atom stereocenters. The van der Waals surface area contributed by atoms with Crippen molar-refractivity contribution in [3.8, 4) is 22.3 Å². The maximum Gasteiger partial charge on any atom is 0.143 e. The van der Waals surface area contributed by atoms with Crippen LogP contribution in [0.1, 0.15) is 25.0 Å². The minimum Gasteiger partial charge on any atom is -0.455 e. The summed E-state index contributed by atoms with van der Waals surface area (Å²) >= 11 is 0. The molecule has 2 heteroatoms. The van der Waals surface area contributed by atoms with E-state index in [0.717, 1.165) is 44.4 Å². The van der Waals surface area contributed by atoms with Crippen LogP contribution >= 0.6 is 0 Å². The number of nitrogens with zero attached hydrogens (tertiary/aromatic N) is 1. The fourth-order valence-corrected chi connectivity index (χ4v) is 7.41. The zero-order valence-corrected chi connectivity index (χ0v) is 25.3. The van der Waals surface area contributed by atoms with Gasteiger partial charge in [-0.1, -0.05) is 123 Å². The molecule has 1 aliphatic carbocycles. The van der Waals surface area contributed by atoms with Gasteiger partial charge in [0.2, 0.25) is 0 Å². The lowest BCUT2D eigenvalue weighted by Gasteiger charge is -2.28. The summed E-state index contributed by atoms with van der Waals surface area (Å²) in [5, 5.41) is 4.56. The first-order valence-electron chi connectivity index (χ1n) is 15.6. The molecule has 1 aromatic heterocycles. The standard InChI is InChI=1S/C43H31NO/c1-43(2)37-16-9-8-15-34(37)35-26-24-32(27-38(35)43)44(31-22-19-29(20-23-31)28-11-4-3-5-12-28)39-17-10-18-40-41(39)36-25-21-30-13-6-7-14-33(30)42(36)45-40/h3-27H,1-2H3. The molecule has 0 aliphatic heterocycles. The molecule has 7 aromatic carbocycles. The first-order chi connectivity index (χ1) is 22.1. The van der Waals surface area contributed by atoms with Crippen LogP contribution in [0.4, 0.5) is 17.1 Å². The molecule has 0 bridgehead atoms. The highest BCUT2D eigenvalue weighted by Crippen LogP contribution is 2.51. The molecule has 2 nitrogen and oxygen atoms in total. The quantitative estimate of drug-likeness (QED) is 0.207. The van der Waals surface area contributed by atoms with Gasteiger partial charge in [0.25, 0.3) is 0 Å². The van der Waals surface area contributed by atoms with Crippen LogP contribution in [0.5, 0.6) is 0 Å². The van der Waals surface area contributed by atoms with Crippen molar-refractivity contribution >= 4 is 49.8 Å². The lowest BCUT2D eigenvalue weighted by molar-refractivity contribution is 0.660. The molecule has 9 rings (SSSR count). The van der Waals surface area contributed by atoms with Crippen molar-refractivity contribution < 1.29 is 4.42 Å². The van der Waals surface area contributed by atoms with E-state index in [4.69, 9.17) is 4.42 Å². The van der Waals surface area contributed by atoms with Gasteiger partial charge in [0.05, 0.1) is 11.1 Å². The summed E-state index contributed by atoms with van der Waals surface area (Å²) in [5.74, 6) is 0. The van der Waals surface area contributed by atoms with Crippen molar-refractivity contribution in [2.24, 2.45) is 0 Å². The van der Waals surface area contributed by atoms with E-state index in [2.05, 4.69) is 170 Å². The molecule has 214 valence electrons. The lowest BCUT2D eigenvalue weighted by Crippen LogP contribution is -2.16. The average Bonchev–Trinajstić information content (AvgIpc) is 3.59. The second kappa shape index (κ2) is 9.70. The molecule has 45 heavy (non-hydrogen) atoms. The van der Waals surface area contributed by atoms with Gasteiger partial charge < -0.3 is 9.32 Å². The normalized spacial score (nSPS) is 13.3. The third-order valence-electron chi connectivity index (χ3n) is 9.66. The summed E-state index contributed by atoms with van der Waals surface area (Å²) in [6.07, 6.45) is 0. The van der Waals surface area contributed by atoms with Crippen LogP contribution < -0.4 is 4.90 Å². The smallest absolute Gasteiger partial charge is 0.143 e. The van der Waals surface area contributed by atoms with Crippen molar-refractivity contribution in [2.75, 3.05) is 4.90 Å². The third kappa shape index (κ3) is 3.89. The molecule has 0 saturated carbocycles. The zero-order chi connectivity index (χ0) is 30.1. The summed E-state index contributed by atoms with van der Waals surface area (Å²) in [5.41, 5.74) is 12.8. The van der Waals surface area contributed by atoms with E-state index < -0.39 is 0 Å². The number of furan rings is 1. The Balaban J connectivity index is 1.29. The number of benzene rings is 7. The van der Waals surface area contributed by atoms with Crippen molar-refractivity contribution in [3.05, 3.63) is 163 Å². The minimum atomic E-state index is -0.0992. The van der Waals surface area contributed by atoms with Gasteiger partial charge in [-0.25, -0.2) is 0 Å². The van der Waals surface area contributed by atoms with Gasteiger partial charge >= 0.3 is 0 Å². The molecule has 0 unspecified atom stereocenters. The summed E-state index contributed by atoms with van der Waals surface area (Å²) < 4.78 is 6.63. The Labute approximate surface area is 262 Å². The first-order valence-corrected chi connectivity index (χ1v) is 15.6. The predicted octanol–water partition coefficient (Wildman–Crippen LogP) is 12.2. The van der Waals surface area contributed by atoms with Crippen LogP contribution in [0, 0.1) is 0 Å². The summed E-state index contributed by atoms with van der Waals surface area (Å²) in [7, 11) is 0. The largest absolute Gasteiger partial charge is 0.455 e. The number of hydrogen-bond donors (Lipinski definition) is 0. The van der Waals surface area contributed by atoms with Crippen molar-refractivity contribution in [2.45, 2.75) is 19.3 Å². The van der Waals surface area contributed by atoms with Gasteiger partial charge in [0, 0.05) is 27.6 Å². The van der Waals surface area contributed by atoms with Gasteiger partial charge in [-0.2, -0.15) is 0 Å². The van der Waals surface area contributed by atoms with Crippen molar-refractivity contribution in [3.63, 3.8) is 0 Å². The number of rotatable bonds is 4. The van der Waals surface area contributed by atoms with Crippen LogP contribution in [-0.4, -0.2) is 0 Å². The highest BCUT2D eigenvalue weighted by atomic mass is 16.3. The third-order valence-corrected chi connectivity index (χ3v) is 9.66. The summed E-state index contributed by atoms with van der Waals surface area (Å²) in [6.45, 7) is 4.69. The van der Waals surface area contributed by atoms with E-state index in [9.17, 15) is 0 Å². The molecule has 1 heterocycles. The van der Waals surface area contributed by atoms with Crippen LogP contribution in [-0.2, 0) is 5.41 Å². The van der Waals surface area contributed by atoms with E-state index in [1.807, 2.05) is 0 Å². The van der Waals surface area contributed by atoms with Gasteiger partial charge in [-0.15, -0.1) is 0 Å². The number of fused-ring (bicyclic) bond motifs is 8. The van der Waals surface area contributed by atoms with Crippen molar-refractivity contribution in [1.82, 2.24) is 0 Å². The van der Waals surface area contributed by atoms with Crippen LogP contribution in [0.3, 0.4) is 0 Å². The summed E-state index contributed by atoms with van der Waals surface area (Å²) in [6, 6.07) is 54.6. The van der Waals surface area contributed by atoms with Crippen LogP contribution in [0.15, 0.2) is 156 Å². The molecule has 0 saturated heterocycles. The molecule has 8 aromatic rings. The van der Waals surface area contributed by atoms with Crippen LogP contribution in [0.25, 0.3) is 55.0 Å². The Morgan fingerprint density at radius 3 is 2.09 bits per heavy atom. The molecule has 0 radical (unpaired) electrons. The Morgan fingerprint density at radius 2 is 1.22 bits per heavy atom. The highest BCUT2D eigenvalue weighted by molar-refractivity contribution is 6.19. The van der Waals surface area contributed by atoms with Gasteiger partial charge in [-0.3, -0.25) is 0 Å². The molecule has 0 N–H and O–H groups in total. The van der Waals surface area contributed by atoms with Gasteiger partial charge in [-0.05, 0) is 81.2 Å². The fourth-order valence-electron chi connectivity index (χ4n) is 7.41. The van der Waals surface area contributed by atoms with Crippen molar-refractivity contribution in [1.29, 1.82) is 0 Å². The van der Waals surface area contributed by atoms with Gasteiger partial charge in [0.15, 0.2) is 0 Å². The highest BCUT2D eigenvalue weighted by Gasteiger charge is 2.36. The molecule has 0 spiro atoms. The Bertz CT molecular complexity index is 2400.